The largest absolute Gasteiger partial charge is 0.290 e. The number of benzene rings is 1. The summed E-state index contributed by atoms with van der Waals surface area (Å²) in [6.45, 7) is 0. The van der Waals surface area contributed by atoms with Crippen molar-refractivity contribution in [2.75, 3.05) is 0 Å². The molecule has 0 amide bonds. The lowest BCUT2D eigenvalue weighted by Crippen LogP contribution is -2.19. The van der Waals surface area contributed by atoms with E-state index in [1.54, 1.807) is 36.1 Å². The molecule has 0 saturated heterocycles. The third-order valence-corrected chi connectivity index (χ3v) is 5.99. The van der Waals surface area contributed by atoms with Crippen LogP contribution in [0.4, 0.5) is 4.39 Å². The van der Waals surface area contributed by atoms with Crippen molar-refractivity contribution >= 4 is 33.3 Å². The Labute approximate surface area is 157 Å². The topological polar surface area (TPSA) is 47.8 Å². The van der Waals surface area contributed by atoms with Gasteiger partial charge < -0.3 is 0 Å². The summed E-state index contributed by atoms with van der Waals surface area (Å²) in [7, 11) is 1.73. The molecule has 1 aromatic carbocycles. The lowest BCUT2D eigenvalue weighted by molar-refractivity contribution is 0.628. The molecule has 0 aliphatic rings. The minimum Gasteiger partial charge on any atom is -0.290 e. The van der Waals surface area contributed by atoms with Gasteiger partial charge in [0.2, 0.25) is 0 Å². The van der Waals surface area contributed by atoms with Crippen molar-refractivity contribution < 1.29 is 4.39 Å². The molecule has 0 aliphatic carbocycles. The molecule has 0 spiro atoms. The van der Waals surface area contributed by atoms with E-state index in [1.807, 2.05) is 17.5 Å². The molecule has 26 heavy (non-hydrogen) atoms. The molecular formula is C19H14FN3OS2. The van der Waals surface area contributed by atoms with Gasteiger partial charge in [-0.05, 0) is 29.3 Å². The molecule has 7 heteroatoms. The molecule has 0 atom stereocenters. The molecule has 3 heterocycles. The van der Waals surface area contributed by atoms with E-state index < -0.39 is 0 Å². The zero-order chi connectivity index (χ0) is 18.1. The van der Waals surface area contributed by atoms with Crippen LogP contribution in [0.5, 0.6) is 0 Å². The number of pyridine rings is 1. The number of aromatic nitrogens is 3. The summed E-state index contributed by atoms with van der Waals surface area (Å²) in [5, 5.41) is 3.15. The van der Waals surface area contributed by atoms with E-state index in [9.17, 15) is 9.18 Å². The van der Waals surface area contributed by atoms with Crippen LogP contribution in [0.2, 0.25) is 0 Å². The Morgan fingerprint density at radius 1 is 1.23 bits per heavy atom. The maximum absolute atomic E-state index is 13.2. The molecule has 0 fully saturated rings. The Morgan fingerprint density at radius 3 is 2.77 bits per heavy atom. The third kappa shape index (κ3) is 3.15. The van der Waals surface area contributed by atoms with Crippen molar-refractivity contribution in [1.29, 1.82) is 0 Å². The summed E-state index contributed by atoms with van der Waals surface area (Å²) in [5.74, 6) is 0.393. The van der Waals surface area contributed by atoms with Gasteiger partial charge in [0.05, 0.1) is 5.39 Å². The van der Waals surface area contributed by atoms with Gasteiger partial charge in [0.1, 0.15) is 10.6 Å². The number of nitrogens with zero attached hydrogens (tertiary/aromatic N) is 3. The maximum atomic E-state index is 13.2. The van der Waals surface area contributed by atoms with Gasteiger partial charge in [-0.1, -0.05) is 30.0 Å². The number of fused-ring (bicyclic) bond motifs is 1. The first-order valence-corrected chi connectivity index (χ1v) is 9.76. The summed E-state index contributed by atoms with van der Waals surface area (Å²) in [5.41, 5.74) is 2.59. The third-order valence-electron chi connectivity index (χ3n) is 4.02. The summed E-state index contributed by atoms with van der Waals surface area (Å²) in [6.07, 6.45) is 3.54. The molecule has 0 unspecified atom stereocenters. The number of halogens is 1. The van der Waals surface area contributed by atoms with Crippen molar-refractivity contribution in [1.82, 2.24) is 14.5 Å². The van der Waals surface area contributed by atoms with Crippen molar-refractivity contribution in [2.45, 2.75) is 10.9 Å². The highest BCUT2D eigenvalue weighted by molar-refractivity contribution is 7.98. The monoisotopic (exact) mass is 383 g/mol. The van der Waals surface area contributed by atoms with E-state index >= 15 is 0 Å². The van der Waals surface area contributed by atoms with E-state index in [-0.39, 0.29) is 11.4 Å². The average Bonchev–Trinajstić information content (AvgIpc) is 3.09. The van der Waals surface area contributed by atoms with Crippen molar-refractivity contribution in [3.63, 3.8) is 0 Å². The average molecular weight is 383 g/mol. The minimum absolute atomic E-state index is 0.0933. The predicted molar refractivity (Wildman–Crippen MR) is 104 cm³/mol. The Morgan fingerprint density at radius 2 is 2.04 bits per heavy atom. The van der Waals surface area contributed by atoms with E-state index in [4.69, 9.17) is 0 Å². The SMILES string of the molecule is Cn1c(SCc2cccnc2)nc2scc(-c3ccc(F)cc3)c2c1=O. The Balaban J connectivity index is 1.73. The highest BCUT2D eigenvalue weighted by Crippen LogP contribution is 2.32. The highest BCUT2D eigenvalue weighted by Gasteiger charge is 2.15. The van der Waals surface area contributed by atoms with Gasteiger partial charge in [-0.2, -0.15) is 0 Å². The second-order valence-corrected chi connectivity index (χ2v) is 7.55. The highest BCUT2D eigenvalue weighted by atomic mass is 32.2. The summed E-state index contributed by atoms with van der Waals surface area (Å²) in [4.78, 5) is 22.4. The van der Waals surface area contributed by atoms with Crippen molar-refractivity contribution in [2.24, 2.45) is 7.05 Å². The molecule has 0 radical (unpaired) electrons. The fourth-order valence-electron chi connectivity index (χ4n) is 2.66. The van der Waals surface area contributed by atoms with Crippen LogP contribution in [0, 0.1) is 5.82 Å². The lowest BCUT2D eigenvalue weighted by atomic mass is 10.1. The van der Waals surface area contributed by atoms with Gasteiger partial charge in [0.25, 0.3) is 5.56 Å². The van der Waals surface area contributed by atoms with Crippen LogP contribution in [0.1, 0.15) is 5.56 Å². The predicted octanol–water partition coefficient (Wildman–Crippen LogP) is 4.49. The Kier molecular flexibility index (Phi) is 4.57. The van der Waals surface area contributed by atoms with Gasteiger partial charge in [0.15, 0.2) is 5.16 Å². The Bertz CT molecular complexity index is 1120. The number of hydrogen-bond donors (Lipinski definition) is 0. The van der Waals surface area contributed by atoms with Gasteiger partial charge in [-0.15, -0.1) is 11.3 Å². The molecule has 3 aromatic heterocycles. The van der Waals surface area contributed by atoms with Crippen LogP contribution in [-0.4, -0.2) is 14.5 Å². The lowest BCUT2D eigenvalue weighted by Gasteiger charge is -2.08. The van der Waals surface area contributed by atoms with Gasteiger partial charge >= 0.3 is 0 Å². The van der Waals surface area contributed by atoms with E-state index in [0.29, 0.717) is 21.1 Å². The first-order valence-electron chi connectivity index (χ1n) is 7.89. The van der Waals surface area contributed by atoms with Crippen LogP contribution in [0.25, 0.3) is 21.3 Å². The molecule has 0 saturated carbocycles. The number of thiophene rings is 1. The first kappa shape index (κ1) is 16.9. The molecule has 4 aromatic rings. The second-order valence-electron chi connectivity index (χ2n) is 5.74. The zero-order valence-electron chi connectivity index (χ0n) is 13.8. The van der Waals surface area contributed by atoms with E-state index in [2.05, 4.69) is 9.97 Å². The normalized spacial score (nSPS) is 11.2. The van der Waals surface area contributed by atoms with Crippen LogP contribution in [-0.2, 0) is 12.8 Å². The molecule has 130 valence electrons. The summed E-state index contributed by atoms with van der Waals surface area (Å²) >= 11 is 2.93. The molecule has 0 bridgehead atoms. The van der Waals surface area contributed by atoms with Crippen molar-refractivity contribution in [3.05, 3.63) is 75.9 Å². The van der Waals surface area contributed by atoms with Crippen LogP contribution < -0.4 is 5.56 Å². The molecular weight excluding hydrogens is 369 g/mol. The van der Waals surface area contributed by atoms with Gasteiger partial charge in [-0.3, -0.25) is 14.3 Å². The fraction of sp³-hybridized carbons (Fsp3) is 0.105. The molecule has 0 N–H and O–H groups in total. The first-order chi connectivity index (χ1) is 12.6. The Hall–Kier alpha value is -2.51. The smallest absolute Gasteiger partial charge is 0.263 e. The van der Waals surface area contributed by atoms with Crippen LogP contribution >= 0.6 is 23.1 Å². The quantitative estimate of drug-likeness (QED) is 0.385. The number of rotatable bonds is 4. The maximum Gasteiger partial charge on any atom is 0.263 e. The standard InChI is InChI=1S/C19H14FN3OS2/c1-23-18(24)16-15(13-4-6-14(20)7-5-13)11-25-17(16)22-19(23)26-10-12-3-2-8-21-9-12/h2-9,11H,10H2,1H3. The fourth-order valence-corrected chi connectivity index (χ4v) is 4.55. The van der Waals surface area contributed by atoms with Gasteiger partial charge in [-0.25, -0.2) is 9.37 Å². The number of thioether (sulfide) groups is 1. The second kappa shape index (κ2) is 7.01. The zero-order valence-corrected chi connectivity index (χ0v) is 15.5. The molecule has 0 aliphatic heterocycles. The van der Waals surface area contributed by atoms with Gasteiger partial charge in [0, 0.05) is 36.1 Å². The number of hydrogen-bond acceptors (Lipinski definition) is 5. The van der Waals surface area contributed by atoms with E-state index in [1.165, 1.54) is 35.2 Å². The van der Waals surface area contributed by atoms with Crippen molar-refractivity contribution in [3.8, 4) is 11.1 Å². The minimum atomic E-state index is -0.298. The van der Waals surface area contributed by atoms with E-state index in [0.717, 1.165) is 16.7 Å². The van der Waals surface area contributed by atoms with Crippen LogP contribution in [0.15, 0.2) is 64.1 Å². The summed E-state index contributed by atoms with van der Waals surface area (Å²) < 4.78 is 14.8. The molecule has 4 nitrogen and oxygen atoms in total. The molecule has 4 rings (SSSR count). The summed E-state index contributed by atoms with van der Waals surface area (Å²) in [6, 6.07) is 10.0. The van der Waals surface area contributed by atoms with Crippen LogP contribution in [0.3, 0.4) is 0 Å².